The molecule has 5 N–H and O–H groups in total. The molecule has 13 heavy (non-hydrogen) atoms. The minimum Gasteiger partial charge on any atom is -1.00 e. The van der Waals surface area contributed by atoms with E-state index in [2.05, 4.69) is 0 Å². The van der Waals surface area contributed by atoms with Gasteiger partial charge in [-0.05, 0) is 0 Å². The molecule has 4 atom stereocenters. The topological polar surface area (TPSA) is 118 Å². The Balaban J connectivity index is -0.000000605. The molecule has 0 saturated heterocycles. The van der Waals surface area contributed by atoms with E-state index in [1.54, 1.807) is 0 Å². The van der Waals surface area contributed by atoms with Gasteiger partial charge in [0, 0.05) is 0 Å². The van der Waals surface area contributed by atoms with Gasteiger partial charge in [0.1, 0.15) is 24.4 Å². The van der Waals surface area contributed by atoms with Crippen molar-refractivity contribution in [3.8, 4) is 0 Å². The standard InChI is InChI=1S/C6H12O6.Na.H/c7-1-3(9)5(11)6(12)4(10)2-8;;/h1,3-6,8-12H,2H2;;/q;+1;-1. The first-order valence-electron chi connectivity index (χ1n) is 3.33. The predicted octanol–water partition coefficient (Wildman–Crippen LogP) is -6.26. The Hall–Kier alpha value is 0.470. The van der Waals surface area contributed by atoms with Gasteiger partial charge in [0.15, 0.2) is 6.29 Å². The van der Waals surface area contributed by atoms with Gasteiger partial charge in [-0.3, -0.25) is 0 Å². The van der Waals surface area contributed by atoms with Gasteiger partial charge in [-0.2, -0.15) is 0 Å². The summed E-state index contributed by atoms with van der Waals surface area (Å²) in [5.74, 6) is 0. The molecule has 4 unspecified atom stereocenters. The molecule has 74 valence electrons. The molecule has 0 radical (unpaired) electrons. The molecule has 0 heterocycles. The van der Waals surface area contributed by atoms with Crippen LogP contribution < -0.4 is 29.6 Å². The van der Waals surface area contributed by atoms with E-state index < -0.39 is 31.0 Å². The van der Waals surface area contributed by atoms with Crippen molar-refractivity contribution in [2.24, 2.45) is 0 Å². The molecule has 0 amide bonds. The molecular weight excluding hydrogens is 191 g/mol. The van der Waals surface area contributed by atoms with E-state index >= 15 is 0 Å². The number of aldehydes is 1. The molecule has 0 spiro atoms. The molecule has 0 aromatic carbocycles. The molecule has 7 heteroatoms. The molecule has 0 saturated carbocycles. The summed E-state index contributed by atoms with van der Waals surface area (Å²) in [6.07, 6.45) is -6.84. The summed E-state index contributed by atoms with van der Waals surface area (Å²) in [7, 11) is 0. The van der Waals surface area contributed by atoms with Crippen molar-refractivity contribution in [1.82, 2.24) is 0 Å². The molecule has 0 bridgehead atoms. The fraction of sp³-hybridized carbons (Fsp3) is 0.833. The molecule has 0 aromatic rings. The molecule has 0 aliphatic rings. The van der Waals surface area contributed by atoms with Crippen molar-refractivity contribution in [3.63, 3.8) is 0 Å². The smallest absolute Gasteiger partial charge is 1.00 e. The fourth-order valence-electron chi connectivity index (χ4n) is 0.618. The second-order valence-corrected chi connectivity index (χ2v) is 2.36. The van der Waals surface area contributed by atoms with Crippen LogP contribution >= 0.6 is 0 Å². The maximum absolute atomic E-state index is 9.90. The van der Waals surface area contributed by atoms with Gasteiger partial charge in [-0.25, -0.2) is 0 Å². The average molecular weight is 204 g/mol. The van der Waals surface area contributed by atoms with Gasteiger partial charge >= 0.3 is 29.6 Å². The normalized spacial score (nSPS) is 19.5. The van der Waals surface area contributed by atoms with E-state index in [4.69, 9.17) is 25.5 Å². The second-order valence-electron chi connectivity index (χ2n) is 2.36. The molecule has 0 rings (SSSR count). The number of rotatable bonds is 5. The molecule has 0 fully saturated rings. The third kappa shape index (κ3) is 5.04. The van der Waals surface area contributed by atoms with E-state index in [0.29, 0.717) is 0 Å². The Morgan fingerprint density at radius 3 is 1.92 bits per heavy atom. The fourth-order valence-corrected chi connectivity index (χ4v) is 0.618. The Morgan fingerprint density at radius 2 is 1.62 bits per heavy atom. The van der Waals surface area contributed by atoms with Crippen LogP contribution in [-0.2, 0) is 4.79 Å². The predicted molar refractivity (Wildman–Crippen MR) is 38.3 cm³/mol. The summed E-state index contributed by atoms with van der Waals surface area (Å²) in [5, 5.41) is 43.5. The Kier molecular flexibility index (Phi) is 9.60. The molecule has 0 aromatic heterocycles. The Bertz CT molecular complexity index is 148. The van der Waals surface area contributed by atoms with Crippen molar-refractivity contribution >= 4 is 6.29 Å². The average Bonchev–Trinajstić information content (AvgIpc) is 2.12. The van der Waals surface area contributed by atoms with Crippen molar-refractivity contribution in [1.29, 1.82) is 0 Å². The van der Waals surface area contributed by atoms with Gasteiger partial charge < -0.3 is 31.8 Å². The summed E-state index contributed by atoms with van der Waals surface area (Å²) in [5.41, 5.74) is 0. The first-order chi connectivity index (χ1) is 5.54. The van der Waals surface area contributed by atoms with Crippen LogP contribution in [0.5, 0.6) is 0 Å². The van der Waals surface area contributed by atoms with Crippen LogP contribution in [0.3, 0.4) is 0 Å². The number of aliphatic hydroxyl groups excluding tert-OH is 5. The van der Waals surface area contributed by atoms with Crippen LogP contribution in [0.15, 0.2) is 0 Å². The van der Waals surface area contributed by atoms with Crippen LogP contribution in [0, 0.1) is 0 Å². The summed E-state index contributed by atoms with van der Waals surface area (Å²) >= 11 is 0. The summed E-state index contributed by atoms with van der Waals surface area (Å²) in [6.45, 7) is -0.760. The largest absolute Gasteiger partial charge is 1.00 e. The third-order valence-corrected chi connectivity index (χ3v) is 1.42. The van der Waals surface area contributed by atoms with E-state index in [9.17, 15) is 4.79 Å². The molecule has 6 nitrogen and oxygen atoms in total. The zero-order chi connectivity index (χ0) is 9.72. The third-order valence-electron chi connectivity index (χ3n) is 1.42. The van der Waals surface area contributed by atoms with E-state index in [0.717, 1.165) is 0 Å². The summed E-state index contributed by atoms with van der Waals surface area (Å²) < 4.78 is 0. The summed E-state index contributed by atoms with van der Waals surface area (Å²) in [6, 6.07) is 0. The van der Waals surface area contributed by atoms with E-state index in [1.807, 2.05) is 0 Å². The van der Waals surface area contributed by atoms with Gasteiger partial charge in [-0.1, -0.05) is 0 Å². The number of carbonyl (C=O) groups is 1. The Morgan fingerprint density at radius 1 is 1.15 bits per heavy atom. The van der Waals surface area contributed by atoms with Crippen LogP contribution in [0.4, 0.5) is 0 Å². The van der Waals surface area contributed by atoms with Crippen molar-refractivity contribution in [2.45, 2.75) is 24.4 Å². The van der Waals surface area contributed by atoms with Crippen LogP contribution in [0.1, 0.15) is 1.43 Å². The minimum absolute atomic E-state index is 0. The van der Waals surface area contributed by atoms with Crippen LogP contribution in [-0.4, -0.2) is 62.8 Å². The van der Waals surface area contributed by atoms with E-state index in [-0.39, 0.29) is 37.3 Å². The van der Waals surface area contributed by atoms with Crippen molar-refractivity contribution < 1.29 is 61.3 Å². The minimum atomic E-state index is -1.79. The zero-order valence-corrected chi connectivity index (χ0v) is 9.24. The molecule has 0 aliphatic carbocycles. The maximum atomic E-state index is 9.90. The number of carbonyl (C=O) groups excluding carboxylic acids is 1. The Labute approximate surface area is 98.6 Å². The van der Waals surface area contributed by atoms with Gasteiger partial charge in [0.25, 0.3) is 0 Å². The van der Waals surface area contributed by atoms with Crippen LogP contribution in [0.25, 0.3) is 0 Å². The second kappa shape index (κ2) is 7.84. The summed E-state index contributed by atoms with van der Waals surface area (Å²) in [4.78, 5) is 9.90. The monoisotopic (exact) mass is 204 g/mol. The maximum Gasteiger partial charge on any atom is 1.00 e. The van der Waals surface area contributed by atoms with Gasteiger partial charge in [0.2, 0.25) is 0 Å². The molecular formula is C6H13NaO6. The van der Waals surface area contributed by atoms with Crippen molar-refractivity contribution in [2.75, 3.05) is 6.61 Å². The van der Waals surface area contributed by atoms with E-state index in [1.165, 1.54) is 0 Å². The molecule has 0 aliphatic heterocycles. The van der Waals surface area contributed by atoms with Gasteiger partial charge in [0.05, 0.1) is 6.61 Å². The number of hydrogen-bond acceptors (Lipinski definition) is 6. The number of aliphatic hydroxyl groups is 5. The van der Waals surface area contributed by atoms with Crippen LogP contribution in [0.2, 0.25) is 0 Å². The first-order valence-corrected chi connectivity index (χ1v) is 3.33. The zero-order valence-electron chi connectivity index (χ0n) is 8.24. The first kappa shape index (κ1) is 15.9. The SMILES string of the molecule is O=CC(O)C(O)C(O)C(O)CO.[H-].[Na+]. The number of hydrogen-bond donors (Lipinski definition) is 5. The van der Waals surface area contributed by atoms with Gasteiger partial charge in [-0.15, -0.1) is 0 Å². The van der Waals surface area contributed by atoms with Crippen molar-refractivity contribution in [3.05, 3.63) is 0 Å². The quantitative estimate of drug-likeness (QED) is 0.224.